The SMILES string of the molecule is COc1cc(N)c(-c2nc(C3CCCO3)no2)cc1OC. The Balaban J connectivity index is 1.96. The van der Waals surface area contributed by atoms with Crippen LogP contribution >= 0.6 is 0 Å². The van der Waals surface area contributed by atoms with Gasteiger partial charge in [-0.2, -0.15) is 4.98 Å². The number of methoxy groups -OCH3 is 2. The summed E-state index contributed by atoms with van der Waals surface area (Å²) < 4.78 is 21.3. The molecule has 0 amide bonds. The van der Waals surface area contributed by atoms with E-state index in [9.17, 15) is 0 Å². The van der Waals surface area contributed by atoms with Crippen molar-refractivity contribution < 1.29 is 18.7 Å². The van der Waals surface area contributed by atoms with Crippen LogP contribution in [0.25, 0.3) is 11.5 Å². The van der Waals surface area contributed by atoms with Crippen LogP contribution in [0, 0.1) is 0 Å². The van der Waals surface area contributed by atoms with Crippen LogP contribution in [0.1, 0.15) is 24.8 Å². The lowest BCUT2D eigenvalue weighted by Crippen LogP contribution is -1.99. The van der Waals surface area contributed by atoms with Crippen LogP contribution in [0.2, 0.25) is 0 Å². The first-order valence-corrected chi connectivity index (χ1v) is 6.70. The third-order valence-corrected chi connectivity index (χ3v) is 3.45. The van der Waals surface area contributed by atoms with Gasteiger partial charge in [0.1, 0.15) is 6.10 Å². The van der Waals surface area contributed by atoms with Crippen LogP contribution in [0.4, 0.5) is 5.69 Å². The number of nitrogens with two attached hydrogens (primary N) is 1. The van der Waals surface area contributed by atoms with Crippen molar-refractivity contribution in [3.8, 4) is 23.0 Å². The molecule has 2 heterocycles. The van der Waals surface area contributed by atoms with Gasteiger partial charge >= 0.3 is 0 Å². The monoisotopic (exact) mass is 291 g/mol. The van der Waals surface area contributed by atoms with Crippen LogP contribution < -0.4 is 15.2 Å². The van der Waals surface area contributed by atoms with Crippen molar-refractivity contribution in [3.63, 3.8) is 0 Å². The molecular weight excluding hydrogens is 274 g/mol. The molecule has 2 aromatic rings. The first kappa shape index (κ1) is 13.7. The fourth-order valence-corrected chi connectivity index (χ4v) is 2.34. The van der Waals surface area contributed by atoms with Gasteiger partial charge in [-0.3, -0.25) is 0 Å². The lowest BCUT2D eigenvalue weighted by molar-refractivity contribution is 0.103. The van der Waals surface area contributed by atoms with Gasteiger partial charge in [0.15, 0.2) is 11.5 Å². The van der Waals surface area contributed by atoms with Crippen molar-refractivity contribution in [2.45, 2.75) is 18.9 Å². The molecule has 2 N–H and O–H groups in total. The average molecular weight is 291 g/mol. The minimum absolute atomic E-state index is 0.0936. The zero-order valence-electron chi connectivity index (χ0n) is 12.0. The highest BCUT2D eigenvalue weighted by molar-refractivity contribution is 5.75. The highest BCUT2D eigenvalue weighted by Gasteiger charge is 2.24. The highest BCUT2D eigenvalue weighted by atomic mass is 16.5. The summed E-state index contributed by atoms with van der Waals surface area (Å²) in [6.45, 7) is 0.729. The van der Waals surface area contributed by atoms with E-state index in [1.54, 1.807) is 26.4 Å². The molecule has 1 aliphatic heterocycles. The molecule has 1 fully saturated rings. The van der Waals surface area contributed by atoms with E-state index < -0.39 is 0 Å². The third kappa shape index (κ3) is 2.52. The summed E-state index contributed by atoms with van der Waals surface area (Å²) in [5, 5.41) is 3.98. The summed E-state index contributed by atoms with van der Waals surface area (Å²) in [6.07, 6.45) is 1.82. The number of rotatable bonds is 4. The van der Waals surface area contributed by atoms with Crippen LogP contribution in [-0.2, 0) is 4.74 Å². The van der Waals surface area contributed by atoms with Crippen molar-refractivity contribution in [3.05, 3.63) is 18.0 Å². The fourth-order valence-electron chi connectivity index (χ4n) is 2.34. The van der Waals surface area contributed by atoms with E-state index in [0.717, 1.165) is 19.4 Å². The smallest absolute Gasteiger partial charge is 0.260 e. The molecule has 1 aromatic carbocycles. The summed E-state index contributed by atoms with van der Waals surface area (Å²) in [6, 6.07) is 3.39. The topological polar surface area (TPSA) is 92.6 Å². The molecule has 0 bridgehead atoms. The number of hydrogen-bond acceptors (Lipinski definition) is 7. The second-order valence-electron chi connectivity index (χ2n) is 4.75. The Morgan fingerprint density at radius 1 is 1.24 bits per heavy atom. The summed E-state index contributed by atoms with van der Waals surface area (Å²) in [5.41, 5.74) is 7.12. The van der Waals surface area contributed by atoms with E-state index in [-0.39, 0.29) is 6.10 Å². The normalized spacial score (nSPS) is 17.9. The average Bonchev–Trinajstić information content (AvgIpc) is 3.17. The molecule has 3 rings (SSSR count). The number of hydrogen-bond donors (Lipinski definition) is 1. The third-order valence-electron chi connectivity index (χ3n) is 3.45. The quantitative estimate of drug-likeness (QED) is 0.863. The van der Waals surface area contributed by atoms with Gasteiger partial charge in [-0.15, -0.1) is 0 Å². The van der Waals surface area contributed by atoms with Gasteiger partial charge < -0.3 is 24.5 Å². The standard InChI is InChI=1S/C14H17N3O4/c1-18-11-6-8(9(15)7-12(11)19-2)14-16-13(17-21-14)10-4-3-5-20-10/h6-7,10H,3-5,15H2,1-2H3. The molecule has 1 aliphatic rings. The number of benzene rings is 1. The molecule has 1 aromatic heterocycles. The molecular formula is C14H17N3O4. The van der Waals surface area contributed by atoms with E-state index in [4.69, 9.17) is 24.5 Å². The Hall–Kier alpha value is -2.28. The lowest BCUT2D eigenvalue weighted by Gasteiger charge is -2.10. The van der Waals surface area contributed by atoms with Crippen molar-refractivity contribution >= 4 is 5.69 Å². The van der Waals surface area contributed by atoms with Gasteiger partial charge in [0.25, 0.3) is 5.89 Å². The van der Waals surface area contributed by atoms with Crippen LogP contribution in [-0.4, -0.2) is 31.0 Å². The van der Waals surface area contributed by atoms with E-state index in [1.807, 2.05) is 0 Å². The van der Waals surface area contributed by atoms with E-state index in [2.05, 4.69) is 10.1 Å². The number of anilines is 1. The van der Waals surface area contributed by atoms with Crippen molar-refractivity contribution in [1.82, 2.24) is 10.1 Å². The Morgan fingerprint density at radius 2 is 2.00 bits per heavy atom. The number of ether oxygens (including phenoxy) is 3. The summed E-state index contributed by atoms with van der Waals surface area (Å²) in [5.74, 6) is 2.01. The number of nitrogens with zero attached hydrogens (tertiary/aromatic N) is 2. The minimum Gasteiger partial charge on any atom is -0.493 e. The Morgan fingerprint density at radius 3 is 2.67 bits per heavy atom. The fraction of sp³-hybridized carbons (Fsp3) is 0.429. The van der Waals surface area contributed by atoms with Gasteiger partial charge in [-0.25, -0.2) is 0 Å². The highest BCUT2D eigenvalue weighted by Crippen LogP contribution is 2.37. The largest absolute Gasteiger partial charge is 0.493 e. The summed E-state index contributed by atoms with van der Waals surface area (Å²) in [7, 11) is 3.11. The van der Waals surface area contributed by atoms with Gasteiger partial charge in [0.05, 0.1) is 19.8 Å². The van der Waals surface area contributed by atoms with E-state index in [0.29, 0.717) is 34.5 Å². The Labute approximate surface area is 122 Å². The molecule has 0 saturated carbocycles. The second kappa shape index (κ2) is 5.61. The molecule has 0 aliphatic carbocycles. The maximum Gasteiger partial charge on any atom is 0.260 e. The van der Waals surface area contributed by atoms with Gasteiger partial charge in [-0.1, -0.05) is 5.16 Å². The first-order chi connectivity index (χ1) is 10.2. The molecule has 0 spiro atoms. The first-order valence-electron chi connectivity index (χ1n) is 6.70. The molecule has 7 heteroatoms. The maximum absolute atomic E-state index is 6.02. The molecule has 1 unspecified atom stereocenters. The van der Waals surface area contributed by atoms with E-state index in [1.165, 1.54) is 0 Å². The molecule has 1 saturated heterocycles. The minimum atomic E-state index is -0.0936. The van der Waals surface area contributed by atoms with Gasteiger partial charge in [0, 0.05) is 18.4 Å². The number of nitrogen functional groups attached to an aromatic ring is 1. The number of aromatic nitrogens is 2. The van der Waals surface area contributed by atoms with E-state index >= 15 is 0 Å². The molecule has 7 nitrogen and oxygen atoms in total. The summed E-state index contributed by atoms with van der Waals surface area (Å²) in [4.78, 5) is 4.38. The zero-order valence-corrected chi connectivity index (χ0v) is 12.0. The van der Waals surface area contributed by atoms with Crippen molar-refractivity contribution in [2.24, 2.45) is 0 Å². The zero-order chi connectivity index (χ0) is 14.8. The maximum atomic E-state index is 6.02. The second-order valence-corrected chi connectivity index (χ2v) is 4.75. The molecule has 1 atom stereocenters. The van der Waals surface area contributed by atoms with Crippen LogP contribution in [0.15, 0.2) is 16.7 Å². The van der Waals surface area contributed by atoms with Crippen LogP contribution in [0.5, 0.6) is 11.5 Å². The molecule has 112 valence electrons. The molecule has 21 heavy (non-hydrogen) atoms. The van der Waals surface area contributed by atoms with Crippen molar-refractivity contribution in [1.29, 1.82) is 0 Å². The molecule has 0 radical (unpaired) electrons. The lowest BCUT2D eigenvalue weighted by atomic mass is 10.1. The van der Waals surface area contributed by atoms with Crippen molar-refractivity contribution in [2.75, 3.05) is 26.6 Å². The predicted octanol–water partition coefficient (Wildman–Crippen LogP) is 2.19. The van der Waals surface area contributed by atoms with Crippen LogP contribution in [0.3, 0.4) is 0 Å². The van der Waals surface area contributed by atoms with Gasteiger partial charge in [-0.05, 0) is 18.9 Å². The summed E-state index contributed by atoms with van der Waals surface area (Å²) >= 11 is 0. The Bertz CT molecular complexity index is 635. The predicted molar refractivity (Wildman–Crippen MR) is 75.2 cm³/mol. The van der Waals surface area contributed by atoms with Gasteiger partial charge in [0.2, 0.25) is 5.82 Å². The Kier molecular flexibility index (Phi) is 3.66.